The highest BCUT2D eigenvalue weighted by Crippen LogP contribution is 2.31. The first-order valence-electron chi connectivity index (χ1n) is 7.93. The first-order chi connectivity index (χ1) is 11.5. The molecule has 1 N–H and O–H groups in total. The molecular formula is C16H20N2O4S2. The summed E-state index contributed by atoms with van der Waals surface area (Å²) < 4.78 is 33.0. The molecule has 0 saturated carbocycles. The van der Waals surface area contributed by atoms with Gasteiger partial charge in [0.25, 0.3) is 10.0 Å². The lowest BCUT2D eigenvalue weighted by Crippen LogP contribution is -2.17. The van der Waals surface area contributed by atoms with Crippen molar-refractivity contribution in [2.24, 2.45) is 0 Å². The maximum absolute atomic E-state index is 12.5. The Bertz CT molecular complexity index is 787. The van der Waals surface area contributed by atoms with E-state index in [9.17, 15) is 13.2 Å². The topological polar surface area (TPSA) is 85.4 Å². The number of nitrogens with one attached hydrogen (secondary N) is 1. The van der Waals surface area contributed by atoms with Gasteiger partial charge in [0.1, 0.15) is 0 Å². The van der Waals surface area contributed by atoms with E-state index in [-0.39, 0.29) is 10.7 Å². The second-order valence-corrected chi connectivity index (χ2v) is 8.53. The number of nitrogens with zero attached hydrogens (tertiary/aromatic N) is 1. The van der Waals surface area contributed by atoms with Gasteiger partial charge in [-0.15, -0.1) is 11.3 Å². The molecule has 8 heteroatoms. The second-order valence-electron chi connectivity index (χ2n) is 5.93. The maximum atomic E-state index is 12.5. The molecule has 0 aromatic carbocycles. The van der Waals surface area contributed by atoms with Crippen molar-refractivity contribution in [1.29, 1.82) is 0 Å². The molecule has 0 unspecified atom stereocenters. The summed E-state index contributed by atoms with van der Waals surface area (Å²) in [4.78, 5) is 16.1. The van der Waals surface area contributed by atoms with E-state index >= 15 is 0 Å². The van der Waals surface area contributed by atoms with E-state index in [0.29, 0.717) is 29.5 Å². The standard InChI is InChI=1S/C16H20N2O4S2/c1-11(19)13-3-2-4-14(9-13)24(20,21)18-16-17-15(10-23-16)12-5-7-22-8-6-12/h3,9-10,12H,2,4-8H2,1H3,(H,17,18). The summed E-state index contributed by atoms with van der Waals surface area (Å²) in [5.74, 6) is 0.202. The molecular weight excluding hydrogens is 348 g/mol. The molecule has 24 heavy (non-hydrogen) atoms. The van der Waals surface area contributed by atoms with Crippen LogP contribution in [0.1, 0.15) is 44.2 Å². The second kappa shape index (κ2) is 7.16. The molecule has 1 aliphatic carbocycles. The maximum Gasteiger partial charge on any atom is 0.259 e. The average Bonchev–Trinajstić information content (AvgIpc) is 3.03. The molecule has 0 radical (unpaired) electrons. The van der Waals surface area contributed by atoms with Gasteiger partial charge in [0, 0.05) is 30.1 Å². The minimum Gasteiger partial charge on any atom is -0.381 e. The number of hydrogen-bond acceptors (Lipinski definition) is 6. The van der Waals surface area contributed by atoms with Crippen molar-refractivity contribution in [3.8, 4) is 0 Å². The van der Waals surface area contributed by atoms with Gasteiger partial charge >= 0.3 is 0 Å². The fourth-order valence-electron chi connectivity index (χ4n) is 2.83. The van der Waals surface area contributed by atoms with Crippen LogP contribution in [0, 0.1) is 0 Å². The van der Waals surface area contributed by atoms with Gasteiger partial charge in [0.2, 0.25) is 0 Å². The van der Waals surface area contributed by atoms with Gasteiger partial charge in [-0.2, -0.15) is 0 Å². The van der Waals surface area contributed by atoms with Gasteiger partial charge in [-0.1, -0.05) is 6.08 Å². The lowest BCUT2D eigenvalue weighted by Gasteiger charge is -2.20. The van der Waals surface area contributed by atoms with Crippen LogP contribution in [-0.2, 0) is 19.6 Å². The Labute approximate surface area is 145 Å². The molecule has 2 heterocycles. The zero-order chi connectivity index (χ0) is 17.2. The summed E-state index contributed by atoms with van der Waals surface area (Å²) >= 11 is 1.29. The molecule has 0 atom stereocenters. The number of ether oxygens (including phenoxy) is 1. The van der Waals surface area contributed by atoms with Crippen LogP contribution in [-0.4, -0.2) is 32.4 Å². The summed E-state index contributed by atoms with van der Waals surface area (Å²) in [6.45, 7) is 2.87. The predicted octanol–water partition coefficient (Wildman–Crippen LogP) is 2.97. The first kappa shape index (κ1) is 17.3. The van der Waals surface area contributed by atoms with Crippen LogP contribution >= 0.6 is 11.3 Å². The zero-order valence-electron chi connectivity index (χ0n) is 13.4. The minimum atomic E-state index is -3.68. The van der Waals surface area contributed by atoms with Crippen LogP contribution in [0.3, 0.4) is 0 Å². The van der Waals surface area contributed by atoms with Crippen molar-refractivity contribution >= 4 is 32.3 Å². The molecule has 1 aliphatic heterocycles. The largest absolute Gasteiger partial charge is 0.381 e. The van der Waals surface area contributed by atoms with E-state index in [1.807, 2.05) is 5.38 Å². The average molecular weight is 368 g/mol. The summed E-state index contributed by atoms with van der Waals surface area (Å²) in [6.07, 6.45) is 5.99. The van der Waals surface area contributed by atoms with E-state index < -0.39 is 10.0 Å². The smallest absolute Gasteiger partial charge is 0.259 e. The summed E-state index contributed by atoms with van der Waals surface area (Å²) in [6, 6.07) is 0. The van der Waals surface area contributed by atoms with E-state index in [0.717, 1.165) is 31.7 Å². The van der Waals surface area contributed by atoms with Gasteiger partial charge in [0.05, 0.1) is 10.6 Å². The molecule has 130 valence electrons. The highest BCUT2D eigenvalue weighted by atomic mass is 32.2. The Hall–Kier alpha value is -1.51. The molecule has 0 amide bonds. The molecule has 1 saturated heterocycles. The molecule has 6 nitrogen and oxygen atoms in total. The van der Waals surface area contributed by atoms with Crippen LogP contribution in [0.25, 0.3) is 0 Å². The van der Waals surface area contributed by atoms with Crippen LogP contribution in [0.2, 0.25) is 0 Å². The molecule has 1 aromatic rings. The van der Waals surface area contributed by atoms with Gasteiger partial charge in [-0.3, -0.25) is 9.52 Å². The zero-order valence-corrected chi connectivity index (χ0v) is 15.1. The Morgan fingerprint density at radius 1 is 1.38 bits per heavy atom. The number of sulfonamides is 1. The SMILES string of the molecule is CC(=O)C1=CCCC(S(=O)(=O)Nc2nc(C3CCOCC3)cs2)=C1. The van der Waals surface area contributed by atoms with Crippen molar-refractivity contribution in [3.63, 3.8) is 0 Å². The number of anilines is 1. The molecule has 0 bridgehead atoms. The highest BCUT2D eigenvalue weighted by molar-refractivity contribution is 7.96. The number of rotatable bonds is 5. The lowest BCUT2D eigenvalue weighted by molar-refractivity contribution is -0.113. The fourth-order valence-corrected chi connectivity index (χ4v) is 5.06. The van der Waals surface area contributed by atoms with Crippen molar-refractivity contribution in [1.82, 2.24) is 4.98 Å². The van der Waals surface area contributed by atoms with Crippen LogP contribution in [0.15, 0.2) is 28.0 Å². The Balaban J connectivity index is 1.74. The van der Waals surface area contributed by atoms with Crippen LogP contribution in [0.4, 0.5) is 5.13 Å². The van der Waals surface area contributed by atoms with Crippen LogP contribution in [0.5, 0.6) is 0 Å². The van der Waals surface area contributed by atoms with E-state index in [1.165, 1.54) is 24.3 Å². The third kappa shape index (κ3) is 3.93. The van der Waals surface area contributed by atoms with Crippen molar-refractivity contribution in [3.05, 3.63) is 33.7 Å². The predicted molar refractivity (Wildman–Crippen MR) is 93.5 cm³/mol. The Kier molecular flexibility index (Phi) is 5.17. The number of allylic oxidation sites excluding steroid dienone is 4. The Morgan fingerprint density at radius 2 is 2.12 bits per heavy atom. The van der Waals surface area contributed by atoms with Gasteiger partial charge in [-0.05, 0) is 38.7 Å². The fraction of sp³-hybridized carbons (Fsp3) is 0.500. The quantitative estimate of drug-likeness (QED) is 0.863. The normalized spacial score (nSPS) is 19.5. The van der Waals surface area contributed by atoms with E-state index in [2.05, 4.69) is 9.71 Å². The monoisotopic (exact) mass is 368 g/mol. The number of Topliss-reactive ketones (excluding diaryl/α,β-unsaturated/α-hetero) is 1. The first-order valence-corrected chi connectivity index (χ1v) is 10.3. The summed E-state index contributed by atoms with van der Waals surface area (Å²) in [5, 5.41) is 2.28. The third-order valence-electron chi connectivity index (χ3n) is 4.21. The molecule has 1 aromatic heterocycles. The molecule has 2 aliphatic rings. The molecule has 1 fully saturated rings. The van der Waals surface area contributed by atoms with Gasteiger partial charge in [0.15, 0.2) is 10.9 Å². The lowest BCUT2D eigenvalue weighted by atomic mass is 9.98. The van der Waals surface area contributed by atoms with Gasteiger partial charge in [-0.25, -0.2) is 13.4 Å². The number of aromatic nitrogens is 1. The number of carbonyl (C=O) groups is 1. The third-order valence-corrected chi connectivity index (χ3v) is 6.59. The van der Waals surface area contributed by atoms with E-state index in [4.69, 9.17) is 4.74 Å². The van der Waals surface area contributed by atoms with Crippen molar-refractivity contribution in [2.45, 2.75) is 38.5 Å². The number of ketones is 1. The molecule has 0 spiro atoms. The molecule has 3 rings (SSSR count). The minimum absolute atomic E-state index is 0.126. The van der Waals surface area contributed by atoms with Gasteiger partial charge < -0.3 is 4.74 Å². The van der Waals surface area contributed by atoms with Crippen molar-refractivity contribution in [2.75, 3.05) is 17.9 Å². The highest BCUT2D eigenvalue weighted by Gasteiger charge is 2.24. The van der Waals surface area contributed by atoms with Crippen LogP contribution < -0.4 is 4.72 Å². The number of hydrogen-bond donors (Lipinski definition) is 1. The Morgan fingerprint density at radius 3 is 2.83 bits per heavy atom. The van der Waals surface area contributed by atoms with Crippen molar-refractivity contribution < 1.29 is 17.9 Å². The summed E-state index contributed by atoms with van der Waals surface area (Å²) in [7, 11) is -3.68. The number of carbonyl (C=O) groups excluding carboxylic acids is 1. The summed E-state index contributed by atoms with van der Waals surface area (Å²) in [5.41, 5.74) is 1.37. The number of thiazole rings is 1. The van der Waals surface area contributed by atoms with E-state index in [1.54, 1.807) is 6.08 Å².